The second-order valence-corrected chi connectivity index (χ2v) is 5.61. The van der Waals surface area contributed by atoms with Crippen LogP contribution in [0.25, 0.3) is 0 Å². The summed E-state index contributed by atoms with van der Waals surface area (Å²) in [5, 5.41) is 15.9. The zero-order valence-electron chi connectivity index (χ0n) is 12.6. The number of hydrogen-bond donors (Lipinski definition) is 4. The van der Waals surface area contributed by atoms with Crippen LogP contribution in [0, 0.1) is 0 Å². The van der Waals surface area contributed by atoms with Crippen LogP contribution in [0.2, 0.25) is 0 Å². The number of para-hydroxylation sites is 2. The summed E-state index contributed by atoms with van der Waals surface area (Å²) < 4.78 is 2.36. The van der Waals surface area contributed by atoms with Crippen molar-refractivity contribution in [2.24, 2.45) is 0 Å². The van der Waals surface area contributed by atoms with Gasteiger partial charge in [0.05, 0.1) is 19.6 Å². The molecule has 1 fully saturated rings. The van der Waals surface area contributed by atoms with E-state index in [0.717, 1.165) is 43.4 Å². The van der Waals surface area contributed by atoms with Crippen LogP contribution >= 0.6 is 0 Å². The smallest absolute Gasteiger partial charge is 0.276 e. The Morgan fingerprint density at radius 3 is 2.90 bits per heavy atom. The SMILES string of the molecule is CCCCNC(N1N[NH+](O)c2ccccc21)=[N+]1CCCC1. The van der Waals surface area contributed by atoms with Gasteiger partial charge in [-0.2, -0.15) is 5.21 Å². The molecule has 114 valence electrons. The van der Waals surface area contributed by atoms with E-state index in [1.807, 2.05) is 29.3 Å². The monoisotopic (exact) mass is 291 g/mol. The number of hydrogen-bond acceptors (Lipinski definition) is 2. The minimum absolute atomic E-state index is 0.222. The molecule has 0 amide bonds. The Kier molecular flexibility index (Phi) is 4.38. The first kappa shape index (κ1) is 14.3. The first-order chi connectivity index (χ1) is 10.3. The van der Waals surface area contributed by atoms with Crippen LogP contribution in [0.15, 0.2) is 24.3 Å². The molecule has 0 saturated carbocycles. The van der Waals surface area contributed by atoms with Gasteiger partial charge in [0.25, 0.3) is 0 Å². The highest BCUT2D eigenvalue weighted by molar-refractivity contribution is 5.94. The molecule has 2 heterocycles. The van der Waals surface area contributed by atoms with Gasteiger partial charge in [0.15, 0.2) is 5.69 Å². The van der Waals surface area contributed by atoms with Crippen molar-refractivity contribution in [3.63, 3.8) is 0 Å². The molecule has 0 aliphatic carbocycles. The van der Waals surface area contributed by atoms with Crippen LogP contribution in [0.4, 0.5) is 11.4 Å². The van der Waals surface area contributed by atoms with Crippen molar-refractivity contribution in [2.45, 2.75) is 32.6 Å². The molecule has 2 aliphatic heterocycles. The fourth-order valence-corrected chi connectivity index (χ4v) is 2.90. The third-order valence-electron chi connectivity index (χ3n) is 4.05. The molecule has 2 aliphatic rings. The number of hydrazine groups is 1. The highest BCUT2D eigenvalue weighted by Gasteiger charge is 2.40. The number of benzene rings is 1. The number of nitrogens with one attached hydrogen (secondary N) is 3. The Labute approximate surface area is 125 Å². The van der Waals surface area contributed by atoms with Gasteiger partial charge in [-0.15, -0.1) is 5.01 Å². The summed E-state index contributed by atoms with van der Waals surface area (Å²) in [6.45, 7) is 5.27. The summed E-state index contributed by atoms with van der Waals surface area (Å²) in [5.41, 5.74) is 4.94. The first-order valence-corrected chi connectivity index (χ1v) is 7.89. The van der Waals surface area contributed by atoms with E-state index in [-0.39, 0.29) is 5.17 Å². The second kappa shape index (κ2) is 6.43. The maximum absolute atomic E-state index is 10.1. The first-order valence-electron chi connectivity index (χ1n) is 7.89. The van der Waals surface area contributed by atoms with Gasteiger partial charge < -0.3 is 0 Å². The van der Waals surface area contributed by atoms with E-state index in [0.29, 0.717) is 0 Å². The topological polar surface area (TPSA) is 55.0 Å². The minimum atomic E-state index is 0.222. The van der Waals surface area contributed by atoms with E-state index in [4.69, 9.17) is 0 Å². The van der Waals surface area contributed by atoms with E-state index in [2.05, 4.69) is 22.4 Å². The lowest BCUT2D eigenvalue weighted by molar-refractivity contribution is -1.07. The summed E-state index contributed by atoms with van der Waals surface area (Å²) >= 11 is 0. The highest BCUT2D eigenvalue weighted by atomic mass is 16.6. The van der Waals surface area contributed by atoms with Crippen molar-refractivity contribution >= 4 is 17.3 Å². The molecular weight excluding hydrogens is 266 g/mol. The van der Waals surface area contributed by atoms with Crippen molar-refractivity contribution in [1.29, 1.82) is 0 Å². The van der Waals surface area contributed by atoms with Crippen molar-refractivity contribution in [2.75, 3.05) is 24.6 Å². The predicted molar refractivity (Wildman–Crippen MR) is 81.6 cm³/mol. The van der Waals surface area contributed by atoms with E-state index >= 15 is 0 Å². The zero-order valence-corrected chi connectivity index (χ0v) is 12.6. The fraction of sp³-hybridized carbons (Fsp3) is 0.533. The number of guanidine groups is 1. The number of unbranched alkanes of at least 4 members (excludes halogenated alkanes) is 1. The summed E-state index contributed by atoms with van der Waals surface area (Å²) in [6.07, 6.45) is 4.76. The minimum Gasteiger partial charge on any atom is -0.276 e. The zero-order chi connectivity index (χ0) is 14.7. The molecule has 4 N–H and O–H groups in total. The van der Waals surface area contributed by atoms with Gasteiger partial charge in [-0.05, 0) is 25.3 Å². The second-order valence-electron chi connectivity index (χ2n) is 5.61. The summed E-state index contributed by atoms with van der Waals surface area (Å²) in [7, 11) is 0. The standard InChI is InChI=1S/C15H23N5O/c1-2-3-10-16-15(18-11-6-7-12-18)19-13-8-4-5-9-14(13)20(21)17-19/h4-5,8-9,17,21H,2-3,6-7,10-12H2,1H3/p+2. The van der Waals surface area contributed by atoms with Gasteiger partial charge in [-0.1, -0.05) is 30.6 Å². The molecule has 1 aromatic carbocycles. The lowest BCUT2D eigenvalue weighted by Crippen LogP contribution is -3.11. The molecule has 1 atom stereocenters. The number of fused-ring (bicyclic) bond motifs is 1. The van der Waals surface area contributed by atoms with Crippen LogP contribution in [0.5, 0.6) is 0 Å². The molecule has 6 nitrogen and oxygen atoms in total. The largest absolute Gasteiger partial charge is 0.375 e. The van der Waals surface area contributed by atoms with Gasteiger partial charge in [0.1, 0.15) is 0 Å². The van der Waals surface area contributed by atoms with Crippen molar-refractivity contribution < 1.29 is 15.0 Å². The quantitative estimate of drug-likeness (QED) is 0.370. The lowest BCUT2D eigenvalue weighted by atomic mass is 10.2. The van der Waals surface area contributed by atoms with Gasteiger partial charge >= 0.3 is 5.96 Å². The molecular formula is C15H25N5O+2. The van der Waals surface area contributed by atoms with Crippen LogP contribution in [0.3, 0.4) is 0 Å². The highest BCUT2D eigenvalue weighted by Crippen LogP contribution is 2.23. The number of nitrogens with zero attached hydrogens (tertiary/aromatic N) is 2. The van der Waals surface area contributed by atoms with Crippen molar-refractivity contribution in [3.8, 4) is 0 Å². The Morgan fingerprint density at radius 1 is 1.38 bits per heavy atom. The molecule has 6 heteroatoms. The third kappa shape index (κ3) is 2.88. The van der Waals surface area contributed by atoms with E-state index < -0.39 is 0 Å². The summed E-state index contributed by atoms with van der Waals surface area (Å²) in [6, 6.07) is 7.91. The molecule has 1 saturated heterocycles. The van der Waals surface area contributed by atoms with Crippen molar-refractivity contribution in [1.82, 2.24) is 10.9 Å². The van der Waals surface area contributed by atoms with Crippen LogP contribution in [0.1, 0.15) is 32.6 Å². The molecule has 0 aromatic heterocycles. The van der Waals surface area contributed by atoms with E-state index in [1.165, 1.54) is 19.3 Å². The normalized spacial score (nSPS) is 20.8. The van der Waals surface area contributed by atoms with Crippen LogP contribution < -0.4 is 21.0 Å². The average molecular weight is 291 g/mol. The Balaban J connectivity index is 1.89. The molecule has 1 aromatic rings. The Bertz CT molecular complexity index is 523. The molecule has 0 bridgehead atoms. The van der Waals surface area contributed by atoms with Crippen LogP contribution in [-0.2, 0) is 0 Å². The summed E-state index contributed by atoms with van der Waals surface area (Å²) in [5.74, 6) is 1.05. The van der Waals surface area contributed by atoms with E-state index in [9.17, 15) is 5.21 Å². The van der Waals surface area contributed by atoms with E-state index in [1.54, 1.807) is 0 Å². The number of quaternary nitrogens is 1. The molecule has 1 unspecified atom stereocenters. The molecule has 3 rings (SSSR count). The lowest BCUT2D eigenvalue weighted by Gasteiger charge is -2.15. The number of anilines is 1. The average Bonchev–Trinajstić information content (AvgIpc) is 3.13. The molecule has 0 spiro atoms. The Hall–Kier alpha value is -1.63. The van der Waals surface area contributed by atoms with Gasteiger partial charge in [-0.3, -0.25) is 9.89 Å². The fourth-order valence-electron chi connectivity index (χ4n) is 2.90. The maximum Gasteiger partial charge on any atom is 0.375 e. The van der Waals surface area contributed by atoms with Gasteiger partial charge in [-0.25, -0.2) is 0 Å². The van der Waals surface area contributed by atoms with Crippen molar-refractivity contribution in [3.05, 3.63) is 24.3 Å². The Morgan fingerprint density at radius 2 is 2.14 bits per heavy atom. The van der Waals surface area contributed by atoms with Gasteiger partial charge in [0.2, 0.25) is 5.69 Å². The van der Waals surface area contributed by atoms with Crippen LogP contribution in [-0.4, -0.2) is 35.4 Å². The molecule has 0 radical (unpaired) electrons. The third-order valence-corrected chi connectivity index (χ3v) is 4.05. The molecule has 21 heavy (non-hydrogen) atoms. The van der Waals surface area contributed by atoms with Gasteiger partial charge in [0, 0.05) is 11.6 Å². The summed E-state index contributed by atoms with van der Waals surface area (Å²) in [4.78, 5) is 0. The predicted octanol–water partition coefficient (Wildman–Crippen LogP) is 0.384. The number of rotatable bonds is 3. The maximum atomic E-state index is 10.1.